The molecule has 1 unspecified atom stereocenters. The lowest BCUT2D eigenvalue weighted by molar-refractivity contribution is -0.130. The Balaban J connectivity index is 1.67. The highest BCUT2D eigenvalue weighted by atomic mass is 16.5. The zero-order chi connectivity index (χ0) is 20.4. The molecule has 0 aromatic carbocycles. The van der Waals surface area contributed by atoms with Crippen molar-refractivity contribution in [3.8, 4) is 0 Å². The molecule has 1 aromatic rings. The molecule has 2 aliphatic rings. The van der Waals surface area contributed by atoms with E-state index in [1.54, 1.807) is 4.90 Å². The van der Waals surface area contributed by atoms with Gasteiger partial charge in [-0.05, 0) is 39.5 Å². The number of rotatable bonds is 7. The van der Waals surface area contributed by atoms with Crippen molar-refractivity contribution in [3.63, 3.8) is 0 Å². The molecule has 1 atom stereocenters. The summed E-state index contributed by atoms with van der Waals surface area (Å²) in [6.07, 6.45) is 6.83. The Morgan fingerprint density at radius 1 is 1.29 bits per heavy atom. The zero-order valence-corrected chi connectivity index (χ0v) is 17.2. The number of hydrogen-bond acceptors (Lipinski definition) is 7. The van der Waals surface area contributed by atoms with Crippen LogP contribution in [0.4, 0.5) is 0 Å². The van der Waals surface area contributed by atoms with E-state index in [0.717, 1.165) is 32.1 Å². The SMILES string of the molecule is CC(C)(CO)NCC(=O)N1CCCC1C(=O)c1noc(C2(C)CCCCC2)n1. The van der Waals surface area contributed by atoms with Crippen LogP contribution in [0.2, 0.25) is 0 Å². The van der Waals surface area contributed by atoms with E-state index in [-0.39, 0.29) is 36.1 Å². The molecule has 0 radical (unpaired) electrons. The number of aliphatic hydroxyl groups is 1. The molecule has 1 saturated carbocycles. The predicted molar refractivity (Wildman–Crippen MR) is 103 cm³/mol. The molecule has 1 aromatic heterocycles. The first-order valence-corrected chi connectivity index (χ1v) is 10.3. The summed E-state index contributed by atoms with van der Waals surface area (Å²) in [7, 11) is 0. The van der Waals surface area contributed by atoms with Crippen LogP contribution < -0.4 is 5.32 Å². The number of Topliss-reactive ketones (excluding diaryl/α,β-unsaturated/α-hetero) is 1. The normalized spacial score (nSPS) is 22.4. The Bertz CT molecular complexity index is 709. The van der Waals surface area contributed by atoms with Gasteiger partial charge in [0.05, 0.1) is 19.2 Å². The molecule has 2 N–H and O–H groups in total. The van der Waals surface area contributed by atoms with Crippen LogP contribution in [0.1, 0.15) is 82.2 Å². The molecular weight excluding hydrogens is 360 g/mol. The molecule has 28 heavy (non-hydrogen) atoms. The van der Waals surface area contributed by atoms with E-state index in [1.165, 1.54) is 6.42 Å². The Kier molecular flexibility index (Phi) is 6.19. The number of aliphatic hydroxyl groups excluding tert-OH is 1. The largest absolute Gasteiger partial charge is 0.394 e. The summed E-state index contributed by atoms with van der Waals surface area (Å²) in [4.78, 5) is 31.6. The summed E-state index contributed by atoms with van der Waals surface area (Å²) in [5.41, 5.74) is -0.707. The Morgan fingerprint density at radius 3 is 2.68 bits per heavy atom. The number of carbonyl (C=O) groups is 2. The molecule has 8 nitrogen and oxygen atoms in total. The summed E-state index contributed by atoms with van der Waals surface area (Å²) in [5.74, 6) is 0.218. The third-order valence-electron chi connectivity index (χ3n) is 6.11. The average Bonchev–Trinajstić information content (AvgIpc) is 3.36. The summed E-state index contributed by atoms with van der Waals surface area (Å²) in [6, 6.07) is -0.545. The Hall–Kier alpha value is -1.80. The molecule has 1 aliphatic heterocycles. The topological polar surface area (TPSA) is 109 Å². The number of nitrogens with one attached hydrogen (secondary N) is 1. The van der Waals surface area contributed by atoms with Crippen molar-refractivity contribution >= 4 is 11.7 Å². The number of carbonyl (C=O) groups excluding carboxylic acids is 2. The summed E-state index contributed by atoms with van der Waals surface area (Å²) in [5, 5.41) is 16.3. The average molecular weight is 393 g/mol. The molecule has 2 heterocycles. The lowest BCUT2D eigenvalue weighted by atomic mass is 9.75. The molecular formula is C20H32N4O4. The molecule has 1 amide bonds. The molecule has 2 fully saturated rings. The van der Waals surface area contributed by atoms with Crippen molar-refractivity contribution < 1.29 is 19.2 Å². The second-order valence-corrected chi connectivity index (χ2v) is 9.05. The van der Waals surface area contributed by atoms with Gasteiger partial charge in [-0.1, -0.05) is 31.3 Å². The van der Waals surface area contributed by atoms with Crippen molar-refractivity contribution in [2.24, 2.45) is 0 Å². The van der Waals surface area contributed by atoms with Crippen molar-refractivity contribution in [2.45, 2.75) is 82.7 Å². The minimum absolute atomic E-state index is 0.0763. The van der Waals surface area contributed by atoms with E-state index in [0.29, 0.717) is 18.9 Å². The second kappa shape index (κ2) is 8.29. The van der Waals surface area contributed by atoms with E-state index >= 15 is 0 Å². The van der Waals surface area contributed by atoms with Crippen molar-refractivity contribution in [1.29, 1.82) is 0 Å². The molecule has 156 valence electrons. The van der Waals surface area contributed by atoms with Crippen LogP contribution in [0, 0.1) is 0 Å². The van der Waals surface area contributed by atoms with Gasteiger partial charge in [-0.15, -0.1) is 0 Å². The van der Waals surface area contributed by atoms with Crippen molar-refractivity contribution in [2.75, 3.05) is 19.7 Å². The maximum atomic E-state index is 13.0. The van der Waals surface area contributed by atoms with E-state index in [9.17, 15) is 14.7 Å². The first-order chi connectivity index (χ1) is 13.3. The molecule has 8 heteroatoms. The molecule has 1 aliphatic carbocycles. The molecule has 1 saturated heterocycles. The van der Waals surface area contributed by atoms with Crippen LogP contribution in [-0.2, 0) is 10.2 Å². The monoisotopic (exact) mass is 392 g/mol. The Labute approximate surface area is 166 Å². The van der Waals surface area contributed by atoms with Crippen LogP contribution in [0.15, 0.2) is 4.52 Å². The maximum Gasteiger partial charge on any atom is 0.240 e. The van der Waals surface area contributed by atoms with Gasteiger partial charge in [-0.3, -0.25) is 9.59 Å². The highest BCUT2D eigenvalue weighted by Crippen LogP contribution is 2.38. The van der Waals surface area contributed by atoms with Crippen LogP contribution in [0.5, 0.6) is 0 Å². The lowest BCUT2D eigenvalue weighted by Gasteiger charge is -2.29. The maximum absolute atomic E-state index is 13.0. The molecule has 0 bridgehead atoms. The van der Waals surface area contributed by atoms with Crippen LogP contribution in [0.3, 0.4) is 0 Å². The second-order valence-electron chi connectivity index (χ2n) is 9.05. The summed E-state index contributed by atoms with van der Waals surface area (Å²) < 4.78 is 5.46. The van der Waals surface area contributed by atoms with Crippen LogP contribution in [-0.4, -0.2) is 63.1 Å². The first-order valence-electron chi connectivity index (χ1n) is 10.3. The van der Waals surface area contributed by atoms with Crippen molar-refractivity contribution in [1.82, 2.24) is 20.4 Å². The van der Waals surface area contributed by atoms with E-state index < -0.39 is 11.6 Å². The van der Waals surface area contributed by atoms with Crippen molar-refractivity contribution in [3.05, 3.63) is 11.7 Å². The summed E-state index contributed by atoms with van der Waals surface area (Å²) in [6.45, 7) is 6.30. The third-order valence-corrected chi connectivity index (χ3v) is 6.11. The van der Waals surface area contributed by atoms with Gasteiger partial charge in [0.15, 0.2) is 0 Å². The minimum Gasteiger partial charge on any atom is -0.394 e. The van der Waals surface area contributed by atoms with E-state index in [2.05, 4.69) is 22.4 Å². The number of hydrogen-bond donors (Lipinski definition) is 2. The molecule has 0 spiro atoms. The number of aromatic nitrogens is 2. The number of nitrogens with zero attached hydrogens (tertiary/aromatic N) is 3. The number of likely N-dealkylation sites (tertiary alicyclic amines) is 1. The minimum atomic E-state index is -0.549. The fourth-order valence-corrected chi connectivity index (χ4v) is 4.07. The highest BCUT2D eigenvalue weighted by molar-refractivity contribution is 5.99. The standard InChI is InChI=1S/C20H32N4O4/c1-19(2,13-25)21-12-15(26)24-11-7-8-14(24)16(27)17-22-18(28-23-17)20(3)9-5-4-6-10-20/h14,21,25H,4-13H2,1-3H3. The van der Waals surface area contributed by atoms with Gasteiger partial charge in [0.25, 0.3) is 0 Å². The highest BCUT2D eigenvalue weighted by Gasteiger charge is 2.39. The van der Waals surface area contributed by atoms with Gasteiger partial charge in [0.1, 0.15) is 0 Å². The lowest BCUT2D eigenvalue weighted by Crippen LogP contribution is -2.50. The van der Waals surface area contributed by atoms with Gasteiger partial charge < -0.3 is 19.8 Å². The van der Waals surface area contributed by atoms with Gasteiger partial charge in [-0.2, -0.15) is 4.98 Å². The smallest absolute Gasteiger partial charge is 0.240 e. The third kappa shape index (κ3) is 4.43. The predicted octanol–water partition coefficient (Wildman–Crippen LogP) is 1.83. The van der Waals surface area contributed by atoms with E-state index in [4.69, 9.17) is 4.52 Å². The van der Waals surface area contributed by atoms with Gasteiger partial charge in [0, 0.05) is 17.5 Å². The van der Waals surface area contributed by atoms with Crippen LogP contribution >= 0.6 is 0 Å². The van der Waals surface area contributed by atoms with E-state index in [1.807, 2.05) is 13.8 Å². The fourth-order valence-electron chi connectivity index (χ4n) is 4.07. The number of amides is 1. The number of ketones is 1. The fraction of sp³-hybridized carbons (Fsp3) is 0.800. The van der Waals surface area contributed by atoms with Gasteiger partial charge in [0.2, 0.25) is 23.4 Å². The van der Waals surface area contributed by atoms with Gasteiger partial charge >= 0.3 is 0 Å². The molecule has 3 rings (SSSR count). The quantitative estimate of drug-likeness (QED) is 0.681. The van der Waals surface area contributed by atoms with Crippen LogP contribution in [0.25, 0.3) is 0 Å². The summed E-state index contributed by atoms with van der Waals surface area (Å²) >= 11 is 0. The Morgan fingerprint density at radius 2 is 2.00 bits per heavy atom. The van der Waals surface area contributed by atoms with Gasteiger partial charge in [-0.25, -0.2) is 0 Å². The zero-order valence-electron chi connectivity index (χ0n) is 17.2. The first kappa shape index (κ1) is 20.9.